The van der Waals surface area contributed by atoms with E-state index in [1.165, 1.54) is 12.0 Å². The quantitative estimate of drug-likeness (QED) is 0.670. The molecule has 1 saturated heterocycles. The molecule has 8 heteroatoms. The number of rotatable bonds is 7. The molecule has 1 heterocycles. The lowest BCUT2D eigenvalue weighted by atomic mass is 9.99. The van der Waals surface area contributed by atoms with Gasteiger partial charge >= 0.3 is 12.0 Å². The van der Waals surface area contributed by atoms with E-state index in [2.05, 4.69) is 5.32 Å². The van der Waals surface area contributed by atoms with Crippen LogP contribution in [0.3, 0.4) is 0 Å². The summed E-state index contributed by atoms with van der Waals surface area (Å²) in [5.41, 5.74) is -1.38. The number of carbonyl (C=O) groups is 2. The number of amides is 2. The first-order valence-electron chi connectivity index (χ1n) is 6.30. The average molecular weight is 285 g/mol. The van der Waals surface area contributed by atoms with Gasteiger partial charge in [0.25, 0.3) is 0 Å². The van der Waals surface area contributed by atoms with Crippen LogP contribution in [0.5, 0.6) is 0 Å². The second-order valence-corrected chi connectivity index (χ2v) is 4.51. The number of aliphatic carboxylic acids is 1. The van der Waals surface area contributed by atoms with Gasteiger partial charge in [0.15, 0.2) is 5.54 Å². The monoisotopic (exact) mass is 285 g/mol. The molecule has 0 aromatic carbocycles. The molecule has 1 unspecified atom stereocenters. The van der Waals surface area contributed by atoms with Crippen molar-refractivity contribution in [2.45, 2.75) is 18.4 Å². The molecule has 20 heavy (non-hydrogen) atoms. The van der Waals surface area contributed by atoms with Gasteiger partial charge in [-0.3, -0.25) is 0 Å². The van der Waals surface area contributed by atoms with E-state index in [0.29, 0.717) is 19.8 Å². The van der Waals surface area contributed by atoms with Crippen molar-refractivity contribution in [2.75, 3.05) is 40.0 Å². The minimum Gasteiger partial charge on any atom is -0.479 e. The second-order valence-electron chi connectivity index (χ2n) is 4.51. The van der Waals surface area contributed by atoms with E-state index in [1.54, 1.807) is 0 Å². The molecule has 0 bridgehead atoms. The Kier molecular flexibility index (Phi) is 6.21. The van der Waals surface area contributed by atoms with Crippen LogP contribution in [0.2, 0.25) is 0 Å². The summed E-state index contributed by atoms with van der Waals surface area (Å²) in [6, 6.07) is 1.43. The minimum absolute atomic E-state index is 0.0511. The van der Waals surface area contributed by atoms with Gasteiger partial charge in [-0.2, -0.15) is 5.26 Å². The predicted octanol–water partition coefficient (Wildman–Crippen LogP) is -0.198. The van der Waals surface area contributed by atoms with Crippen molar-refractivity contribution in [1.29, 1.82) is 5.26 Å². The Bertz CT molecular complexity index is 387. The number of hydrogen-bond donors (Lipinski definition) is 2. The Labute approximate surface area is 117 Å². The van der Waals surface area contributed by atoms with E-state index >= 15 is 0 Å². The maximum Gasteiger partial charge on any atom is 0.332 e. The van der Waals surface area contributed by atoms with Crippen LogP contribution in [0.4, 0.5) is 4.79 Å². The van der Waals surface area contributed by atoms with E-state index in [1.807, 2.05) is 6.07 Å². The van der Waals surface area contributed by atoms with Crippen LogP contribution in [0.15, 0.2) is 0 Å². The van der Waals surface area contributed by atoms with Crippen molar-refractivity contribution >= 4 is 12.0 Å². The maximum absolute atomic E-state index is 12.2. The summed E-state index contributed by atoms with van der Waals surface area (Å²) in [5, 5.41) is 20.4. The third-order valence-electron chi connectivity index (χ3n) is 3.12. The number of nitrogens with one attached hydrogen (secondary N) is 1. The van der Waals surface area contributed by atoms with Gasteiger partial charge in [-0.15, -0.1) is 0 Å². The van der Waals surface area contributed by atoms with Gasteiger partial charge in [0.1, 0.15) is 0 Å². The van der Waals surface area contributed by atoms with Crippen molar-refractivity contribution in [3.8, 4) is 6.07 Å². The summed E-state index contributed by atoms with van der Waals surface area (Å²) in [6.45, 7) is 1.07. The maximum atomic E-state index is 12.2. The smallest absolute Gasteiger partial charge is 0.332 e. The van der Waals surface area contributed by atoms with E-state index in [4.69, 9.17) is 14.7 Å². The standard InChI is InChI=1S/C12H19N3O5/c1-19-8-6-15(5-2-4-13)11(18)14-12(10(16)17)3-7-20-9-12/h2-3,5-9H2,1H3,(H,14,18)(H,16,17). The molecule has 1 rings (SSSR count). The molecule has 0 radical (unpaired) electrons. The van der Waals surface area contributed by atoms with Crippen molar-refractivity contribution < 1.29 is 24.2 Å². The number of carboxylic acid groups (broad SMARTS) is 1. The number of ether oxygens (including phenoxy) is 2. The topological polar surface area (TPSA) is 112 Å². The van der Waals surface area contributed by atoms with E-state index in [0.717, 1.165) is 0 Å². The molecule has 1 atom stereocenters. The summed E-state index contributed by atoms with van der Waals surface area (Å²) in [7, 11) is 1.50. The summed E-state index contributed by atoms with van der Waals surface area (Å²) in [5.74, 6) is -1.12. The average Bonchev–Trinajstić information content (AvgIpc) is 2.88. The lowest BCUT2D eigenvalue weighted by molar-refractivity contribution is -0.144. The Morgan fingerprint density at radius 1 is 1.55 bits per heavy atom. The first-order chi connectivity index (χ1) is 9.55. The summed E-state index contributed by atoms with van der Waals surface area (Å²) in [6.07, 6.45) is 0.401. The number of carbonyl (C=O) groups excluding carboxylic acids is 1. The van der Waals surface area contributed by atoms with Crippen molar-refractivity contribution in [3.05, 3.63) is 0 Å². The fourth-order valence-corrected chi connectivity index (χ4v) is 1.87. The van der Waals surface area contributed by atoms with Crippen LogP contribution in [0.25, 0.3) is 0 Å². The fraction of sp³-hybridized carbons (Fsp3) is 0.750. The van der Waals surface area contributed by atoms with Gasteiger partial charge in [-0.05, 0) is 0 Å². The number of methoxy groups -OCH3 is 1. The van der Waals surface area contributed by atoms with Gasteiger partial charge in [0.05, 0.1) is 25.7 Å². The molecule has 0 aromatic heterocycles. The summed E-state index contributed by atoms with van der Waals surface area (Å²) < 4.78 is 9.97. The Balaban J connectivity index is 2.68. The number of hydrogen-bond acceptors (Lipinski definition) is 5. The highest BCUT2D eigenvalue weighted by molar-refractivity contribution is 5.86. The van der Waals surface area contributed by atoms with Crippen LogP contribution in [0.1, 0.15) is 12.8 Å². The van der Waals surface area contributed by atoms with E-state index in [9.17, 15) is 14.7 Å². The number of nitriles is 1. The van der Waals surface area contributed by atoms with E-state index < -0.39 is 17.5 Å². The van der Waals surface area contributed by atoms with Gasteiger partial charge in [0, 0.05) is 33.2 Å². The molecule has 1 aliphatic rings. The molecule has 2 amide bonds. The SMILES string of the molecule is COCCN(CCC#N)C(=O)NC1(C(=O)O)CCOC1. The van der Waals surface area contributed by atoms with Gasteiger partial charge in [0.2, 0.25) is 0 Å². The van der Waals surface area contributed by atoms with Crippen LogP contribution in [-0.2, 0) is 14.3 Å². The highest BCUT2D eigenvalue weighted by Gasteiger charge is 2.44. The van der Waals surface area contributed by atoms with Gasteiger partial charge in [-0.25, -0.2) is 9.59 Å². The summed E-state index contributed by atoms with van der Waals surface area (Å²) in [4.78, 5) is 24.8. The number of carboxylic acids is 1. The first-order valence-corrected chi connectivity index (χ1v) is 6.30. The molecule has 0 aliphatic carbocycles. The van der Waals surface area contributed by atoms with Crippen molar-refractivity contribution in [2.24, 2.45) is 0 Å². The van der Waals surface area contributed by atoms with Crippen LogP contribution in [0, 0.1) is 11.3 Å². The first kappa shape index (κ1) is 16.2. The second kappa shape index (κ2) is 7.67. The van der Waals surface area contributed by atoms with Crippen LogP contribution in [-0.4, -0.2) is 67.6 Å². The van der Waals surface area contributed by atoms with E-state index in [-0.39, 0.29) is 26.0 Å². The van der Waals surface area contributed by atoms with Gasteiger partial charge in [-0.1, -0.05) is 0 Å². The highest BCUT2D eigenvalue weighted by Crippen LogP contribution is 2.19. The number of nitrogens with zero attached hydrogens (tertiary/aromatic N) is 2. The molecule has 1 aliphatic heterocycles. The van der Waals surface area contributed by atoms with Crippen LogP contribution < -0.4 is 5.32 Å². The minimum atomic E-state index is -1.38. The van der Waals surface area contributed by atoms with Crippen LogP contribution >= 0.6 is 0 Å². The zero-order chi connectivity index (χ0) is 15.0. The highest BCUT2D eigenvalue weighted by atomic mass is 16.5. The molecular formula is C12H19N3O5. The van der Waals surface area contributed by atoms with Gasteiger partial charge < -0.3 is 24.8 Å². The molecule has 0 saturated carbocycles. The zero-order valence-corrected chi connectivity index (χ0v) is 11.4. The molecule has 0 aromatic rings. The lowest BCUT2D eigenvalue weighted by Crippen LogP contribution is -2.58. The molecule has 2 N–H and O–H groups in total. The third kappa shape index (κ3) is 4.08. The normalized spacial score (nSPS) is 21.2. The fourth-order valence-electron chi connectivity index (χ4n) is 1.87. The van der Waals surface area contributed by atoms with Crippen molar-refractivity contribution in [1.82, 2.24) is 10.2 Å². The molecule has 0 spiro atoms. The lowest BCUT2D eigenvalue weighted by Gasteiger charge is -2.29. The Morgan fingerprint density at radius 2 is 2.30 bits per heavy atom. The molecule has 1 fully saturated rings. The summed E-state index contributed by atoms with van der Waals surface area (Å²) >= 11 is 0. The predicted molar refractivity (Wildman–Crippen MR) is 68.0 cm³/mol. The zero-order valence-electron chi connectivity index (χ0n) is 11.4. The molecule has 112 valence electrons. The molecule has 8 nitrogen and oxygen atoms in total. The van der Waals surface area contributed by atoms with Crippen molar-refractivity contribution in [3.63, 3.8) is 0 Å². The Morgan fingerprint density at radius 3 is 2.80 bits per heavy atom. The third-order valence-corrected chi connectivity index (χ3v) is 3.12. The molecular weight excluding hydrogens is 266 g/mol. The largest absolute Gasteiger partial charge is 0.479 e. The number of urea groups is 1. The Hall–Kier alpha value is -1.85.